The van der Waals surface area contributed by atoms with Crippen molar-refractivity contribution >= 4 is 17.3 Å². The Morgan fingerprint density at radius 1 is 1.15 bits per heavy atom. The molecule has 0 saturated carbocycles. The number of carbonyl (C=O) groups excluding carboxylic acids is 1. The Labute approximate surface area is 116 Å². The summed E-state index contributed by atoms with van der Waals surface area (Å²) < 4.78 is 10.5. The minimum atomic E-state index is -0.152. The standard InChI is InChI=1S/C15H14N2O3/c1-17(12-5-3-2-4-11(12)16)15(18)10-6-7-13-14(8-10)20-9-19-13/h2-8H,9,16H2,1H3. The second-order valence-electron chi connectivity index (χ2n) is 4.49. The predicted molar refractivity (Wildman–Crippen MR) is 76.2 cm³/mol. The summed E-state index contributed by atoms with van der Waals surface area (Å²) in [6.07, 6.45) is 0. The Hall–Kier alpha value is -2.69. The molecule has 2 aromatic carbocycles. The smallest absolute Gasteiger partial charge is 0.258 e. The first-order valence-corrected chi connectivity index (χ1v) is 6.19. The number of nitrogens with zero attached hydrogens (tertiary/aromatic N) is 1. The topological polar surface area (TPSA) is 64.8 Å². The molecule has 5 heteroatoms. The Bertz CT molecular complexity index is 670. The maximum atomic E-state index is 12.5. The Morgan fingerprint density at radius 3 is 2.70 bits per heavy atom. The molecule has 20 heavy (non-hydrogen) atoms. The van der Waals surface area contributed by atoms with Gasteiger partial charge in [-0.2, -0.15) is 0 Å². The van der Waals surface area contributed by atoms with E-state index in [1.165, 1.54) is 4.90 Å². The minimum Gasteiger partial charge on any atom is -0.454 e. The Kier molecular flexibility index (Phi) is 2.95. The van der Waals surface area contributed by atoms with Crippen LogP contribution in [-0.2, 0) is 0 Å². The van der Waals surface area contributed by atoms with Crippen molar-refractivity contribution in [1.82, 2.24) is 0 Å². The number of hydrogen-bond donors (Lipinski definition) is 1. The number of carbonyl (C=O) groups is 1. The summed E-state index contributed by atoms with van der Waals surface area (Å²) in [6.45, 7) is 0.189. The third-order valence-electron chi connectivity index (χ3n) is 3.22. The highest BCUT2D eigenvalue weighted by Crippen LogP contribution is 2.33. The van der Waals surface area contributed by atoms with E-state index in [0.717, 1.165) is 0 Å². The van der Waals surface area contributed by atoms with Gasteiger partial charge in [-0.25, -0.2) is 0 Å². The molecule has 1 aliphatic heterocycles. The van der Waals surface area contributed by atoms with E-state index in [4.69, 9.17) is 15.2 Å². The van der Waals surface area contributed by atoms with E-state index in [2.05, 4.69) is 0 Å². The second kappa shape index (κ2) is 4.77. The number of amides is 1. The summed E-state index contributed by atoms with van der Waals surface area (Å²) in [5.74, 6) is 1.09. The van der Waals surface area contributed by atoms with E-state index in [0.29, 0.717) is 28.4 Å². The number of rotatable bonds is 2. The zero-order valence-corrected chi connectivity index (χ0v) is 11.0. The number of anilines is 2. The van der Waals surface area contributed by atoms with Crippen molar-refractivity contribution in [3.05, 3.63) is 48.0 Å². The predicted octanol–water partition coefficient (Wildman–Crippen LogP) is 2.27. The highest BCUT2D eigenvalue weighted by atomic mass is 16.7. The van der Waals surface area contributed by atoms with E-state index in [9.17, 15) is 4.79 Å². The average molecular weight is 270 g/mol. The zero-order chi connectivity index (χ0) is 14.1. The molecule has 0 atom stereocenters. The molecule has 0 fully saturated rings. The van der Waals surface area contributed by atoms with E-state index in [-0.39, 0.29) is 12.7 Å². The van der Waals surface area contributed by atoms with Crippen LogP contribution in [0.1, 0.15) is 10.4 Å². The molecular formula is C15H14N2O3. The molecule has 0 aliphatic carbocycles. The van der Waals surface area contributed by atoms with E-state index < -0.39 is 0 Å². The number of para-hydroxylation sites is 2. The maximum absolute atomic E-state index is 12.5. The van der Waals surface area contributed by atoms with Gasteiger partial charge in [-0.15, -0.1) is 0 Å². The zero-order valence-electron chi connectivity index (χ0n) is 11.0. The van der Waals surface area contributed by atoms with E-state index in [1.54, 1.807) is 37.4 Å². The van der Waals surface area contributed by atoms with Crippen molar-refractivity contribution < 1.29 is 14.3 Å². The Morgan fingerprint density at radius 2 is 1.90 bits per heavy atom. The van der Waals surface area contributed by atoms with Gasteiger partial charge in [-0.1, -0.05) is 12.1 Å². The lowest BCUT2D eigenvalue weighted by Gasteiger charge is -2.19. The van der Waals surface area contributed by atoms with Crippen LogP contribution in [0.4, 0.5) is 11.4 Å². The molecule has 2 aromatic rings. The molecule has 1 heterocycles. The van der Waals surface area contributed by atoms with Gasteiger partial charge < -0.3 is 20.1 Å². The van der Waals surface area contributed by atoms with Crippen LogP contribution < -0.4 is 20.1 Å². The van der Waals surface area contributed by atoms with Gasteiger partial charge in [0, 0.05) is 12.6 Å². The first-order valence-electron chi connectivity index (χ1n) is 6.19. The van der Waals surface area contributed by atoms with E-state index in [1.807, 2.05) is 12.1 Å². The van der Waals surface area contributed by atoms with Crippen molar-refractivity contribution in [2.24, 2.45) is 0 Å². The van der Waals surface area contributed by atoms with Crippen LogP contribution in [-0.4, -0.2) is 19.7 Å². The number of hydrogen-bond acceptors (Lipinski definition) is 4. The molecule has 2 N–H and O–H groups in total. The fourth-order valence-electron chi connectivity index (χ4n) is 2.13. The fourth-order valence-corrected chi connectivity index (χ4v) is 2.13. The first kappa shape index (κ1) is 12.3. The van der Waals surface area contributed by atoms with Crippen LogP contribution in [0.3, 0.4) is 0 Å². The summed E-state index contributed by atoms with van der Waals surface area (Å²) in [5.41, 5.74) is 7.65. The summed E-state index contributed by atoms with van der Waals surface area (Å²) in [5, 5.41) is 0. The van der Waals surface area contributed by atoms with Gasteiger partial charge in [0.2, 0.25) is 6.79 Å². The van der Waals surface area contributed by atoms with Crippen molar-refractivity contribution in [2.75, 3.05) is 24.5 Å². The summed E-state index contributed by atoms with van der Waals surface area (Å²) in [4.78, 5) is 14.0. The van der Waals surface area contributed by atoms with Crippen LogP contribution in [0.5, 0.6) is 11.5 Å². The average Bonchev–Trinajstić information content (AvgIpc) is 2.93. The van der Waals surface area contributed by atoms with Gasteiger partial charge in [0.15, 0.2) is 11.5 Å². The molecule has 3 rings (SSSR count). The van der Waals surface area contributed by atoms with Crippen LogP contribution in [0.25, 0.3) is 0 Å². The van der Waals surface area contributed by atoms with Crippen LogP contribution in [0.15, 0.2) is 42.5 Å². The molecule has 102 valence electrons. The SMILES string of the molecule is CN(C(=O)c1ccc2c(c1)OCO2)c1ccccc1N. The number of ether oxygens (including phenoxy) is 2. The molecule has 0 radical (unpaired) electrons. The monoisotopic (exact) mass is 270 g/mol. The third kappa shape index (κ3) is 2.03. The lowest BCUT2D eigenvalue weighted by Crippen LogP contribution is -2.26. The number of nitrogen functional groups attached to an aromatic ring is 1. The quantitative estimate of drug-likeness (QED) is 0.850. The summed E-state index contributed by atoms with van der Waals surface area (Å²) in [6, 6.07) is 12.4. The van der Waals surface area contributed by atoms with Crippen molar-refractivity contribution in [1.29, 1.82) is 0 Å². The van der Waals surface area contributed by atoms with Gasteiger partial charge in [-0.05, 0) is 30.3 Å². The number of fused-ring (bicyclic) bond motifs is 1. The highest BCUT2D eigenvalue weighted by Gasteiger charge is 2.19. The molecular weight excluding hydrogens is 256 g/mol. The third-order valence-corrected chi connectivity index (χ3v) is 3.22. The van der Waals surface area contributed by atoms with Crippen molar-refractivity contribution in [2.45, 2.75) is 0 Å². The van der Waals surface area contributed by atoms with E-state index >= 15 is 0 Å². The normalized spacial score (nSPS) is 12.2. The van der Waals surface area contributed by atoms with Gasteiger partial charge in [0.25, 0.3) is 5.91 Å². The second-order valence-corrected chi connectivity index (χ2v) is 4.49. The molecule has 1 aliphatic rings. The molecule has 1 amide bonds. The van der Waals surface area contributed by atoms with Crippen LogP contribution in [0, 0.1) is 0 Å². The maximum Gasteiger partial charge on any atom is 0.258 e. The number of nitrogens with two attached hydrogens (primary N) is 1. The molecule has 0 unspecified atom stereocenters. The summed E-state index contributed by atoms with van der Waals surface area (Å²) >= 11 is 0. The van der Waals surface area contributed by atoms with Crippen LogP contribution >= 0.6 is 0 Å². The van der Waals surface area contributed by atoms with Gasteiger partial charge in [0.05, 0.1) is 11.4 Å². The summed E-state index contributed by atoms with van der Waals surface area (Å²) in [7, 11) is 1.69. The molecule has 0 spiro atoms. The molecule has 0 bridgehead atoms. The highest BCUT2D eigenvalue weighted by molar-refractivity contribution is 6.07. The molecule has 0 aromatic heterocycles. The minimum absolute atomic E-state index is 0.152. The number of benzene rings is 2. The van der Waals surface area contributed by atoms with Crippen molar-refractivity contribution in [3.8, 4) is 11.5 Å². The van der Waals surface area contributed by atoms with Gasteiger partial charge in [0.1, 0.15) is 0 Å². The van der Waals surface area contributed by atoms with Gasteiger partial charge in [-0.3, -0.25) is 4.79 Å². The van der Waals surface area contributed by atoms with Gasteiger partial charge >= 0.3 is 0 Å². The molecule has 0 saturated heterocycles. The van der Waals surface area contributed by atoms with Crippen molar-refractivity contribution in [3.63, 3.8) is 0 Å². The molecule has 5 nitrogen and oxygen atoms in total. The van der Waals surface area contributed by atoms with Crippen LogP contribution in [0.2, 0.25) is 0 Å². The largest absolute Gasteiger partial charge is 0.454 e. The fraction of sp³-hybridized carbons (Fsp3) is 0.133. The lowest BCUT2D eigenvalue weighted by atomic mass is 10.1. The lowest BCUT2D eigenvalue weighted by molar-refractivity contribution is 0.0992. The first-order chi connectivity index (χ1) is 9.66. The Balaban J connectivity index is 1.91.